The molecule has 0 fully saturated rings. The minimum Gasteiger partial charge on any atom is -0.507 e. The van der Waals surface area contributed by atoms with E-state index in [9.17, 15) is 5.11 Å². The standard InChI is InChI=1S/C22H22N6O/c1-2-16(23)12-26-21-17-5-3-4-6-19(17)27-22(28-21)18-9-14(7-8-20(18)29)15-10-24-13-25-11-15/h3-11,13,16,29H,2,12,23H2,1H3,(H,26,27,28)/t16-/m0/s1. The minimum atomic E-state index is 0.0296. The van der Waals surface area contributed by atoms with Crippen LogP contribution in [0.4, 0.5) is 5.82 Å². The summed E-state index contributed by atoms with van der Waals surface area (Å²) < 4.78 is 0. The Balaban J connectivity index is 1.81. The topological polar surface area (TPSA) is 110 Å². The van der Waals surface area contributed by atoms with Crippen LogP contribution in [0.3, 0.4) is 0 Å². The molecular weight excluding hydrogens is 364 g/mol. The van der Waals surface area contributed by atoms with Crippen LogP contribution in [0, 0.1) is 0 Å². The first-order valence-electron chi connectivity index (χ1n) is 9.50. The summed E-state index contributed by atoms with van der Waals surface area (Å²) in [6.45, 7) is 2.65. The van der Waals surface area contributed by atoms with Crippen LogP contribution in [-0.4, -0.2) is 37.6 Å². The lowest BCUT2D eigenvalue weighted by Crippen LogP contribution is -2.28. The lowest BCUT2D eigenvalue weighted by molar-refractivity contribution is 0.477. The number of rotatable bonds is 6. The van der Waals surface area contributed by atoms with Crippen molar-refractivity contribution in [2.24, 2.45) is 5.73 Å². The van der Waals surface area contributed by atoms with Gasteiger partial charge in [0.15, 0.2) is 5.82 Å². The molecule has 0 aliphatic carbocycles. The summed E-state index contributed by atoms with van der Waals surface area (Å²) in [7, 11) is 0. The number of phenolic OH excluding ortho intramolecular Hbond substituents is 1. The lowest BCUT2D eigenvalue weighted by atomic mass is 10.0. The molecule has 4 rings (SSSR count). The smallest absolute Gasteiger partial charge is 0.165 e. The van der Waals surface area contributed by atoms with Gasteiger partial charge in [0.05, 0.1) is 11.1 Å². The Morgan fingerprint density at radius 2 is 1.83 bits per heavy atom. The van der Waals surface area contributed by atoms with Gasteiger partial charge in [0.1, 0.15) is 17.9 Å². The molecule has 0 amide bonds. The number of phenols is 1. The van der Waals surface area contributed by atoms with Gasteiger partial charge in [-0.05, 0) is 36.2 Å². The van der Waals surface area contributed by atoms with Crippen molar-refractivity contribution in [2.45, 2.75) is 19.4 Å². The Bertz CT molecular complexity index is 1130. The number of hydrogen-bond donors (Lipinski definition) is 3. The molecule has 0 aliphatic rings. The zero-order chi connectivity index (χ0) is 20.2. The summed E-state index contributed by atoms with van der Waals surface area (Å²) in [5, 5.41) is 14.7. The second kappa shape index (κ2) is 8.20. The molecule has 0 spiro atoms. The Kier molecular flexibility index (Phi) is 5.31. The van der Waals surface area contributed by atoms with E-state index < -0.39 is 0 Å². The van der Waals surface area contributed by atoms with E-state index >= 15 is 0 Å². The number of para-hydroxylation sites is 1. The Morgan fingerprint density at radius 1 is 1.03 bits per heavy atom. The summed E-state index contributed by atoms with van der Waals surface area (Å²) in [5.74, 6) is 1.24. The van der Waals surface area contributed by atoms with E-state index in [1.54, 1.807) is 18.5 Å². The van der Waals surface area contributed by atoms with Gasteiger partial charge in [-0.3, -0.25) is 0 Å². The number of nitrogens with zero attached hydrogens (tertiary/aromatic N) is 4. The Labute approximate surface area is 168 Å². The van der Waals surface area contributed by atoms with E-state index in [-0.39, 0.29) is 11.8 Å². The molecule has 2 heterocycles. The maximum Gasteiger partial charge on any atom is 0.165 e. The van der Waals surface area contributed by atoms with Crippen molar-refractivity contribution in [3.05, 3.63) is 61.2 Å². The fourth-order valence-electron chi connectivity index (χ4n) is 3.05. The largest absolute Gasteiger partial charge is 0.507 e. The molecule has 4 aromatic rings. The third-order valence-corrected chi connectivity index (χ3v) is 4.79. The molecule has 1 atom stereocenters. The van der Waals surface area contributed by atoms with Gasteiger partial charge in [-0.15, -0.1) is 0 Å². The van der Waals surface area contributed by atoms with Crippen molar-refractivity contribution in [3.63, 3.8) is 0 Å². The number of nitrogens with one attached hydrogen (secondary N) is 1. The predicted octanol–water partition coefficient (Wildman–Crippen LogP) is 3.61. The van der Waals surface area contributed by atoms with Crippen LogP contribution in [0.1, 0.15) is 13.3 Å². The average molecular weight is 386 g/mol. The molecular formula is C22H22N6O. The van der Waals surface area contributed by atoms with Crippen molar-refractivity contribution in [1.29, 1.82) is 0 Å². The van der Waals surface area contributed by atoms with Crippen molar-refractivity contribution in [2.75, 3.05) is 11.9 Å². The van der Waals surface area contributed by atoms with Crippen LogP contribution in [0.25, 0.3) is 33.4 Å². The molecule has 2 aromatic carbocycles. The zero-order valence-electron chi connectivity index (χ0n) is 16.1. The fourth-order valence-corrected chi connectivity index (χ4v) is 3.05. The number of anilines is 1. The van der Waals surface area contributed by atoms with Crippen LogP contribution in [0.2, 0.25) is 0 Å². The summed E-state index contributed by atoms with van der Waals surface area (Å²) in [6, 6.07) is 13.1. The third-order valence-electron chi connectivity index (χ3n) is 4.79. The monoisotopic (exact) mass is 386 g/mol. The molecule has 0 radical (unpaired) electrons. The summed E-state index contributed by atoms with van der Waals surface area (Å²) in [6.07, 6.45) is 5.80. The first kappa shape index (κ1) is 18.8. The first-order valence-corrected chi connectivity index (χ1v) is 9.50. The van der Waals surface area contributed by atoms with Gasteiger partial charge in [0.25, 0.3) is 0 Å². The summed E-state index contributed by atoms with van der Waals surface area (Å²) in [4.78, 5) is 17.5. The van der Waals surface area contributed by atoms with Gasteiger partial charge in [-0.1, -0.05) is 25.1 Å². The number of fused-ring (bicyclic) bond motifs is 1. The molecule has 4 N–H and O–H groups in total. The maximum atomic E-state index is 10.5. The van der Waals surface area contributed by atoms with E-state index in [1.807, 2.05) is 43.3 Å². The second-order valence-corrected chi connectivity index (χ2v) is 6.82. The predicted molar refractivity (Wildman–Crippen MR) is 114 cm³/mol. The quantitative estimate of drug-likeness (QED) is 0.464. The van der Waals surface area contributed by atoms with Gasteiger partial charge in [-0.25, -0.2) is 19.9 Å². The molecule has 0 unspecified atom stereocenters. The van der Waals surface area contributed by atoms with Crippen LogP contribution < -0.4 is 11.1 Å². The van der Waals surface area contributed by atoms with E-state index in [0.29, 0.717) is 23.8 Å². The third kappa shape index (κ3) is 4.00. The van der Waals surface area contributed by atoms with E-state index in [2.05, 4.69) is 20.3 Å². The zero-order valence-corrected chi connectivity index (χ0v) is 16.1. The van der Waals surface area contributed by atoms with Crippen LogP contribution in [0.5, 0.6) is 5.75 Å². The van der Waals surface area contributed by atoms with E-state index in [4.69, 9.17) is 10.7 Å². The van der Waals surface area contributed by atoms with E-state index in [1.165, 1.54) is 6.33 Å². The molecule has 0 saturated heterocycles. The fraction of sp³-hybridized carbons (Fsp3) is 0.182. The molecule has 7 heteroatoms. The Hall–Kier alpha value is -3.58. The molecule has 146 valence electrons. The normalized spacial score (nSPS) is 12.1. The van der Waals surface area contributed by atoms with Crippen molar-refractivity contribution >= 4 is 16.7 Å². The Morgan fingerprint density at radius 3 is 2.62 bits per heavy atom. The minimum absolute atomic E-state index is 0.0296. The van der Waals surface area contributed by atoms with Gasteiger partial charge >= 0.3 is 0 Å². The number of benzene rings is 2. The number of nitrogens with two attached hydrogens (primary N) is 1. The molecule has 0 saturated carbocycles. The maximum absolute atomic E-state index is 10.5. The highest BCUT2D eigenvalue weighted by Gasteiger charge is 2.14. The lowest BCUT2D eigenvalue weighted by Gasteiger charge is -2.14. The number of hydrogen-bond acceptors (Lipinski definition) is 7. The molecule has 7 nitrogen and oxygen atoms in total. The van der Waals surface area contributed by atoms with Gasteiger partial charge in [-0.2, -0.15) is 0 Å². The summed E-state index contributed by atoms with van der Waals surface area (Å²) in [5.41, 5.74) is 9.12. The SMILES string of the molecule is CC[C@H](N)CNc1nc(-c2cc(-c3cncnc3)ccc2O)nc2ccccc12. The molecule has 0 bridgehead atoms. The average Bonchev–Trinajstić information content (AvgIpc) is 2.78. The second-order valence-electron chi connectivity index (χ2n) is 6.82. The number of aromatic hydroxyl groups is 1. The summed E-state index contributed by atoms with van der Waals surface area (Å²) >= 11 is 0. The van der Waals surface area contributed by atoms with Crippen molar-refractivity contribution in [3.8, 4) is 28.3 Å². The van der Waals surface area contributed by atoms with Gasteiger partial charge < -0.3 is 16.2 Å². The highest BCUT2D eigenvalue weighted by molar-refractivity contribution is 5.91. The van der Waals surface area contributed by atoms with Crippen molar-refractivity contribution < 1.29 is 5.11 Å². The molecule has 29 heavy (non-hydrogen) atoms. The molecule has 0 aliphatic heterocycles. The van der Waals surface area contributed by atoms with Crippen LogP contribution >= 0.6 is 0 Å². The van der Waals surface area contributed by atoms with Crippen LogP contribution in [0.15, 0.2) is 61.2 Å². The van der Waals surface area contributed by atoms with E-state index in [0.717, 1.165) is 28.5 Å². The highest BCUT2D eigenvalue weighted by atomic mass is 16.3. The van der Waals surface area contributed by atoms with Crippen molar-refractivity contribution in [1.82, 2.24) is 19.9 Å². The van der Waals surface area contributed by atoms with Crippen LogP contribution in [-0.2, 0) is 0 Å². The number of aromatic nitrogens is 4. The highest BCUT2D eigenvalue weighted by Crippen LogP contribution is 2.33. The first-order chi connectivity index (χ1) is 14.2. The van der Waals surface area contributed by atoms with Gasteiger partial charge in [0, 0.05) is 35.9 Å². The van der Waals surface area contributed by atoms with Gasteiger partial charge in [0.2, 0.25) is 0 Å². The molecule has 2 aromatic heterocycles.